The second-order valence-electron chi connectivity index (χ2n) is 13.9. The van der Waals surface area contributed by atoms with E-state index in [1.165, 1.54) is 70.2 Å². The number of benzene rings is 7. The van der Waals surface area contributed by atoms with Crippen LogP contribution in [-0.4, -0.2) is 6.21 Å². The number of hydrogen-bond donors (Lipinski definition) is 0. The zero-order valence-corrected chi connectivity index (χ0v) is 28.7. The third kappa shape index (κ3) is 4.51. The first-order chi connectivity index (χ1) is 24.5. The van der Waals surface area contributed by atoms with E-state index in [1.807, 2.05) is 17.6 Å². The van der Waals surface area contributed by atoms with E-state index in [4.69, 9.17) is 9.41 Å². The van der Waals surface area contributed by atoms with Crippen molar-refractivity contribution in [2.75, 3.05) is 0 Å². The molecule has 0 N–H and O–H groups in total. The Morgan fingerprint density at radius 1 is 0.560 bits per heavy atom. The maximum atomic E-state index is 6.39. The summed E-state index contributed by atoms with van der Waals surface area (Å²) in [6.07, 6.45) is 2.02. The third-order valence-corrected chi connectivity index (χ3v) is 11.7. The van der Waals surface area contributed by atoms with Gasteiger partial charge in [0.15, 0.2) is 0 Å². The molecular weight excluding hydrogens is 627 g/mol. The number of furan rings is 1. The largest absolute Gasteiger partial charge is 0.456 e. The summed E-state index contributed by atoms with van der Waals surface area (Å²) < 4.78 is 8.99. The number of thiophene rings is 1. The van der Waals surface area contributed by atoms with Gasteiger partial charge in [-0.3, -0.25) is 4.99 Å². The zero-order chi connectivity index (χ0) is 33.4. The van der Waals surface area contributed by atoms with Crippen LogP contribution in [0, 0.1) is 0 Å². The highest BCUT2D eigenvalue weighted by atomic mass is 32.1. The summed E-state index contributed by atoms with van der Waals surface area (Å²) in [4.78, 5) is 4.98. The highest BCUT2D eigenvalue weighted by Gasteiger charge is 2.35. The molecule has 0 fully saturated rings. The fraction of sp³-hybridized carbons (Fsp3) is 0.0851. The summed E-state index contributed by atoms with van der Waals surface area (Å²) in [6, 6.07) is 52.7. The molecule has 0 bridgehead atoms. The SMILES string of the molecule is CC1(C)c2ccccc2-c2ccc(CN=Cc3cccc4oc5ccc(-c6cccc7sc8cc(-c9ccccc9)ccc8c67)cc5c34)cc21. The monoisotopic (exact) mass is 659 g/mol. The van der Waals surface area contributed by atoms with Gasteiger partial charge in [0.2, 0.25) is 0 Å². The van der Waals surface area contributed by atoms with Gasteiger partial charge >= 0.3 is 0 Å². The highest BCUT2D eigenvalue weighted by Crippen LogP contribution is 2.49. The predicted octanol–water partition coefficient (Wildman–Crippen LogP) is 13.2. The molecule has 1 aliphatic rings. The molecule has 2 nitrogen and oxygen atoms in total. The molecule has 0 aliphatic heterocycles. The minimum atomic E-state index is -0.0185. The Balaban J connectivity index is 1.02. The van der Waals surface area contributed by atoms with E-state index in [0.29, 0.717) is 6.54 Å². The number of hydrogen-bond acceptors (Lipinski definition) is 3. The third-order valence-electron chi connectivity index (χ3n) is 10.6. The van der Waals surface area contributed by atoms with E-state index in [-0.39, 0.29) is 5.41 Å². The molecular formula is C47H33NOS. The smallest absolute Gasteiger partial charge is 0.136 e. The predicted molar refractivity (Wildman–Crippen MR) is 213 cm³/mol. The first kappa shape index (κ1) is 29.2. The Labute approximate surface area is 295 Å². The number of aliphatic imine (C=N–C) groups is 1. The van der Waals surface area contributed by atoms with Crippen molar-refractivity contribution >= 4 is 59.7 Å². The summed E-state index contributed by atoms with van der Waals surface area (Å²) >= 11 is 1.86. The second kappa shape index (κ2) is 11.1. The van der Waals surface area contributed by atoms with Gasteiger partial charge in [0.25, 0.3) is 0 Å². The molecule has 3 heteroatoms. The molecule has 238 valence electrons. The van der Waals surface area contributed by atoms with Crippen molar-refractivity contribution in [1.29, 1.82) is 0 Å². The van der Waals surface area contributed by atoms with E-state index in [0.717, 1.165) is 27.5 Å². The molecule has 1 aliphatic carbocycles. The Hall–Kier alpha value is -5.77. The number of nitrogens with zero attached hydrogens (tertiary/aromatic N) is 1. The summed E-state index contributed by atoms with van der Waals surface area (Å²) in [5, 5.41) is 4.82. The van der Waals surface area contributed by atoms with Crippen LogP contribution in [0.15, 0.2) is 155 Å². The Morgan fingerprint density at radius 2 is 1.36 bits per heavy atom. The van der Waals surface area contributed by atoms with Crippen molar-refractivity contribution in [2.24, 2.45) is 4.99 Å². The fourth-order valence-corrected chi connectivity index (χ4v) is 9.28. The first-order valence-electron chi connectivity index (χ1n) is 17.2. The van der Waals surface area contributed by atoms with Crippen molar-refractivity contribution in [2.45, 2.75) is 25.8 Å². The van der Waals surface area contributed by atoms with Crippen LogP contribution in [0.3, 0.4) is 0 Å². The minimum absolute atomic E-state index is 0.0185. The van der Waals surface area contributed by atoms with Crippen LogP contribution in [0.2, 0.25) is 0 Å². The van der Waals surface area contributed by atoms with E-state index < -0.39 is 0 Å². The van der Waals surface area contributed by atoms with Gasteiger partial charge in [-0.05, 0) is 80.4 Å². The van der Waals surface area contributed by atoms with Crippen molar-refractivity contribution in [1.82, 2.24) is 0 Å². The number of fused-ring (bicyclic) bond motifs is 9. The van der Waals surface area contributed by atoms with Gasteiger partial charge in [-0.2, -0.15) is 0 Å². The first-order valence-corrected chi connectivity index (χ1v) is 18.0. The van der Waals surface area contributed by atoms with Gasteiger partial charge in [-0.25, -0.2) is 0 Å². The standard InChI is InChI=1S/C47H33NOS/c1-47(2)39-15-7-6-13-35(39)36-21-18-29(24-40(36)47)27-48-28-33-12-8-16-42-45(33)38-25-32(20-23-41(38)49-42)34-14-9-17-43-46(34)37-22-19-31(26-44(37)50-43)30-10-4-3-5-11-30/h3-26,28H,27H2,1-2H3. The fourth-order valence-electron chi connectivity index (χ4n) is 8.11. The Bertz CT molecular complexity index is 2820. The summed E-state index contributed by atoms with van der Waals surface area (Å²) in [7, 11) is 0. The van der Waals surface area contributed by atoms with Crippen LogP contribution < -0.4 is 0 Å². The lowest BCUT2D eigenvalue weighted by atomic mass is 9.82. The van der Waals surface area contributed by atoms with E-state index in [2.05, 4.69) is 159 Å². The molecule has 7 aromatic carbocycles. The topological polar surface area (TPSA) is 25.5 Å². The summed E-state index contributed by atoms with van der Waals surface area (Å²) in [5.74, 6) is 0. The lowest BCUT2D eigenvalue weighted by Gasteiger charge is -2.21. The van der Waals surface area contributed by atoms with Gasteiger partial charge in [-0.1, -0.05) is 129 Å². The normalized spacial score (nSPS) is 13.6. The quantitative estimate of drug-likeness (QED) is 0.169. The van der Waals surface area contributed by atoms with E-state index in [1.54, 1.807) is 0 Å². The van der Waals surface area contributed by atoms with E-state index in [9.17, 15) is 0 Å². The molecule has 0 saturated heterocycles. The lowest BCUT2D eigenvalue weighted by Crippen LogP contribution is -2.15. The van der Waals surface area contributed by atoms with Gasteiger partial charge in [0, 0.05) is 48.1 Å². The molecule has 0 unspecified atom stereocenters. The van der Waals surface area contributed by atoms with Crippen molar-refractivity contribution < 1.29 is 4.42 Å². The Morgan fingerprint density at radius 3 is 2.28 bits per heavy atom. The van der Waals surface area contributed by atoms with Gasteiger partial charge in [0.1, 0.15) is 11.2 Å². The van der Waals surface area contributed by atoms with Crippen molar-refractivity contribution in [3.8, 4) is 33.4 Å². The maximum Gasteiger partial charge on any atom is 0.136 e. The van der Waals surface area contributed by atoms with Crippen molar-refractivity contribution in [3.05, 3.63) is 168 Å². The van der Waals surface area contributed by atoms with Crippen LogP contribution in [0.1, 0.15) is 36.1 Å². The molecule has 50 heavy (non-hydrogen) atoms. The molecule has 2 aromatic heterocycles. The van der Waals surface area contributed by atoms with Crippen LogP contribution in [0.25, 0.3) is 75.5 Å². The van der Waals surface area contributed by atoms with Crippen LogP contribution in [0.5, 0.6) is 0 Å². The molecule has 10 rings (SSSR count). The van der Waals surface area contributed by atoms with Gasteiger partial charge in [-0.15, -0.1) is 11.3 Å². The molecule has 9 aromatic rings. The minimum Gasteiger partial charge on any atom is -0.456 e. The molecule has 0 atom stereocenters. The Kier molecular flexibility index (Phi) is 6.49. The van der Waals surface area contributed by atoms with Crippen LogP contribution in [-0.2, 0) is 12.0 Å². The van der Waals surface area contributed by atoms with E-state index >= 15 is 0 Å². The number of rotatable bonds is 5. The zero-order valence-electron chi connectivity index (χ0n) is 27.9. The maximum absolute atomic E-state index is 6.39. The molecule has 0 spiro atoms. The molecule has 0 saturated carbocycles. The van der Waals surface area contributed by atoms with Crippen LogP contribution in [0.4, 0.5) is 0 Å². The van der Waals surface area contributed by atoms with Crippen LogP contribution >= 0.6 is 11.3 Å². The molecule has 0 amide bonds. The molecule has 2 heterocycles. The summed E-state index contributed by atoms with van der Waals surface area (Å²) in [5.41, 5.74) is 14.4. The highest BCUT2D eigenvalue weighted by molar-refractivity contribution is 7.26. The van der Waals surface area contributed by atoms with Gasteiger partial charge in [0.05, 0.1) is 6.54 Å². The average molecular weight is 660 g/mol. The average Bonchev–Trinajstić information content (AvgIpc) is 3.79. The molecule has 0 radical (unpaired) electrons. The lowest BCUT2D eigenvalue weighted by molar-refractivity contribution is 0.659. The second-order valence-corrected chi connectivity index (χ2v) is 15.0. The summed E-state index contributed by atoms with van der Waals surface area (Å²) in [6.45, 7) is 5.27. The van der Waals surface area contributed by atoms with Crippen molar-refractivity contribution in [3.63, 3.8) is 0 Å². The van der Waals surface area contributed by atoms with Gasteiger partial charge < -0.3 is 4.42 Å².